The zero-order valence-electron chi connectivity index (χ0n) is 22.7. The third-order valence-electron chi connectivity index (χ3n) is 6.45. The van der Waals surface area contributed by atoms with Crippen molar-refractivity contribution in [1.82, 2.24) is 5.32 Å². The van der Waals surface area contributed by atoms with Crippen LogP contribution in [0.3, 0.4) is 0 Å². The van der Waals surface area contributed by atoms with Crippen LogP contribution in [-0.4, -0.2) is 75.8 Å². The van der Waals surface area contributed by atoms with Gasteiger partial charge < -0.3 is 34.7 Å². The van der Waals surface area contributed by atoms with Gasteiger partial charge in [0.15, 0.2) is 0 Å². The van der Waals surface area contributed by atoms with Crippen molar-refractivity contribution in [2.24, 2.45) is 4.99 Å². The molecule has 4 N–H and O–H groups in total. The molecule has 2 aliphatic rings. The van der Waals surface area contributed by atoms with Crippen molar-refractivity contribution in [3.8, 4) is 22.5 Å². The number of nitrogens with zero attached hydrogens (tertiary/aromatic N) is 1. The van der Waals surface area contributed by atoms with Gasteiger partial charge >= 0.3 is 5.97 Å². The van der Waals surface area contributed by atoms with E-state index < -0.39 is 12.1 Å². The summed E-state index contributed by atoms with van der Waals surface area (Å²) >= 11 is 0. The van der Waals surface area contributed by atoms with E-state index in [9.17, 15) is 19.8 Å². The van der Waals surface area contributed by atoms with Crippen molar-refractivity contribution in [3.63, 3.8) is 0 Å². The van der Waals surface area contributed by atoms with E-state index in [1.165, 1.54) is 19.2 Å². The predicted octanol–water partition coefficient (Wildman–Crippen LogP) is 3.62. The molecule has 1 amide bonds. The highest BCUT2D eigenvalue weighted by molar-refractivity contribution is 6.09. The second kappa shape index (κ2) is 13.2. The number of hydrogen-bond donors (Lipinski definition) is 4. The Bertz CT molecular complexity index is 1550. The van der Waals surface area contributed by atoms with Gasteiger partial charge in [-0.2, -0.15) is 0 Å². The van der Waals surface area contributed by atoms with Crippen LogP contribution < -0.4 is 16.0 Å². The number of methoxy groups -OCH3 is 1. The number of carbonyl (C=O) groups excluding carboxylic acids is 1. The van der Waals surface area contributed by atoms with Crippen LogP contribution in [0.4, 0.5) is 5.69 Å². The van der Waals surface area contributed by atoms with Crippen LogP contribution in [0.2, 0.25) is 0 Å². The molecule has 0 saturated heterocycles. The highest BCUT2D eigenvalue weighted by Gasteiger charge is 2.23. The van der Waals surface area contributed by atoms with Gasteiger partial charge in [0.1, 0.15) is 17.4 Å². The number of hydrogen-bond acceptors (Lipinski definition) is 8. The highest BCUT2D eigenvalue weighted by atomic mass is 16.5. The maximum atomic E-state index is 13.0. The maximum absolute atomic E-state index is 13.0. The van der Waals surface area contributed by atoms with Gasteiger partial charge in [0, 0.05) is 74.3 Å². The fraction of sp³-hybridized carbons (Fsp3) is 0.300. The van der Waals surface area contributed by atoms with Gasteiger partial charge in [0.2, 0.25) is 0 Å². The first-order valence-corrected chi connectivity index (χ1v) is 12.9. The summed E-state index contributed by atoms with van der Waals surface area (Å²) in [5, 5.41) is 27.1. The maximum Gasteiger partial charge on any atom is 0.336 e. The summed E-state index contributed by atoms with van der Waals surface area (Å²) in [6.07, 6.45) is -0.156. The summed E-state index contributed by atoms with van der Waals surface area (Å²) in [5.41, 5.74) is 3.54. The van der Waals surface area contributed by atoms with Crippen LogP contribution in [0, 0.1) is 0 Å². The normalized spacial score (nSPS) is 12.6. The summed E-state index contributed by atoms with van der Waals surface area (Å²) < 4.78 is 16.5. The first-order chi connectivity index (χ1) is 19.4. The molecule has 0 fully saturated rings. The number of aromatic carboxylic acids is 1. The Hall–Kier alpha value is -4.25. The number of amides is 1. The van der Waals surface area contributed by atoms with Crippen LogP contribution in [0.5, 0.6) is 0 Å². The van der Waals surface area contributed by atoms with E-state index in [1.807, 2.05) is 30.3 Å². The van der Waals surface area contributed by atoms with E-state index in [4.69, 9.17) is 13.9 Å². The summed E-state index contributed by atoms with van der Waals surface area (Å²) in [6.45, 7) is 1.05. The highest BCUT2D eigenvalue weighted by Crippen LogP contribution is 2.42. The fourth-order valence-corrected chi connectivity index (χ4v) is 4.48. The number of aliphatic hydroxyl groups is 1. The minimum atomic E-state index is -1.11. The molecule has 1 aliphatic carbocycles. The van der Waals surface area contributed by atoms with Crippen molar-refractivity contribution in [2.75, 3.05) is 52.9 Å². The molecule has 0 saturated carbocycles. The standard InChI is InChI=1S/C30H33N3O7/c1-31-19-6-9-23-26(14-19)40-27-15-20(32-2)7-10-24(27)28(23)25-13-18(5-8-22(25)30(36)37)29(35)33-11-4-12-39-17-21(34)16-38-3/h5-10,13-15,21,31,34H,4,11-12,16-17H2,1-3H3,(H,33,35)(H,36,37)/b32-20+. The van der Waals surface area contributed by atoms with E-state index in [1.54, 1.807) is 26.2 Å². The lowest BCUT2D eigenvalue weighted by molar-refractivity contribution is -0.00639. The average molecular weight is 548 g/mol. The Balaban J connectivity index is 1.69. The lowest BCUT2D eigenvalue weighted by Crippen LogP contribution is -2.26. The number of aliphatic hydroxyl groups excluding tert-OH is 1. The van der Waals surface area contributed by atoms with Crippen molar-refractivity contribution in [2.45, 2.75) is 12.5 Å². The van der Waals surface area contributed by atoms with E-state index in [0.29, 0.717) is 58.6 Å². The molecule has 0 spiro atoms. The minimum Gasteiger partial charge on any atom is -0.478 e. The molecular weight excluding hydrogens is 514 g/mol. The lowest BCUT2D eigenvalue weighted by Gasteiger charge is -2.18. The van der Waals surface area contributed by atoms with Crippen LogP contribution in [0.25, 0.3) is 33.4 Å². The first-order valence-electron chi connectivity index (χ1n) is 12.9. The largest absolute Gasteiger partial charge is 0.478 e. The molecule has 10 heteroatoms. The average Bonchev–Trinajstić information content (AvgIpc) is 2.96. The quantitative estimate of drug-likeness (QED) is 0.156. The van der Waals surface area contributed by atoms with Gasteiger partial charge in [-0.1, -0.05) is 0 Å². The van der Waals surface area contributed by atoms with Crippen molar-refractivity contribution in [3.05, 3.63) is 71.1 Å². The van der Waals surface area contributed by atoms with Gasteiger partial charge in [-0.15, -0.1) is 0 Å². The molecular formula is C30H33N3O7. The van der Waals surface area contributed by atoms with E-state index in [2.05, 4.69) is 15.6 Å². The number of rotatable bonds is 12. The zero-order valence-corrected chi connectivity index (χ0v) is 22.7. The summed E-state index contributed by atoms with van der Waals surface area (Å²) in [7, 11) is 4.99. The molecule has 0 aromatic heterocycles. The zero-order chi connectivity index (χ0) is 28.6. The lowest BCUT2D eigenvalue weighted by atomic mass is 9.89. The molecule has 1 atom stereocenters. The van der Waals surface area contributed by atoms with Gasteiger partial charge in [0.25, 0.3) is 5.91 Å². The van der Waals surface area contributed by atoms with Crippen molar-refractivity contribution in [1.29, 1.82) is 0 Å². The molecule has 210 valence electrons. The van der Waals surface area contributed by atoms with Crippen LogP contribution in [0.15, 0.2) is 64.0 Å². The SMILES string of the molecule is C/N=c1\ccc2c(-c3cc(C(=O)NCCCOCC(O)COC)ccc3C(=O)O)c3ccc(NC)cc3oc-2c1. The predicted molar refractivity (Wildman–Crippen MR) is 152 cm³/mol. The van der Waals surface area contributed by atoms with Crippen molar-refractivity contribution >= 4 is 28.5 Å². The number of ether oxygens (including phenoxy) is 2. The number of fused-ring (bicyclic) bond motifs is 2. The Morgan fingerprint density at radius 2 is 1.88 bits per heavy atom. The monoisotopic (exact) mass is 547 g/mol. The molecule has 2 aromatic rings. The Morgan fingerprint density at radius 3 is 2.60 bits per heavy atom. The first kappa shape index (κ1) is 28.8. The number of carboxylic acid groups (broad SMARTS) is 1. The van der Waals surface area contributed by atoms with E-state index in [0.717, 1.165) is 11.0 Å². The molecule has 40 heavy (non-hydrogen) atoms. The molecule has 1 unspecified atom stereocenters. The van der Waals surface area contributed by atoms with Gasteiger partial charge in [-0.3, -0.25) is 9.79 Å². The second-order valence-corrected chi connectivity index (χ2v) is 9.20. The van der Waals surface area contributed by atoms with Gasteiger partial charge in [-0.05, 0) is 54.4 Å². The van der Waals surface area contributed by atoms with Crippen LogP contribution >= 0.6 is 0 Å². The molecule has 1 heterocycles. The molecule has 4 rings (SSSR count). The second-order valence-electron chi connectivity index (χ2n) is 9.20. The molecule has 2 aromatic carbocycles. The van der Waals surface area contributed by atoms with Crippen LogP contribution in [-0.2, 0) is 9.47 Å². The summed E-state index contributed by atoms with van der Waals surface area (Å²) in [6, 6.07) is 15.7. The van der Waals surface area contributed by atoms with E-state index >= 15 is 0 Å². The Morgan fingerprint density at radius 1 is 1.05 bits per heavy atom. The third kappa shape index (κ3) is 6.48. The van der Waals surface area contributed by atoms with Gasteiger partial charge in [0.05, 0.1) is 24.1 Å². The number of carbonyl (C=O) groups is 2. The third-order valence-corrected chi connectivity index (χ3v) is 6.45. The van der Waals surface area contributed by atoms with Gasteiger partial charge in [-0.25, -0.2) is 4.79 Å². The molecule has 0 bridgehead atoms. The Labute approximate surface area is 231 Å². The smallest absolute Gasteiger partial charge is 0.336 e. The van der Waals surface area contributed by atoms with E-state index in [-0.39, 0.29) is 24.7 Å². The summed E-state index contributed by atoms with van der Waals surface area (Å²) in [4.78, 5) is 29.6. The van der Waals surface area contributed by atoms with Crippen molar-refractivity contribution < 1.29 is 33.7 Å². The molecule has 1 aliphatic heterocycles. The topological polar surface area (TPSA) is 143 Å². The number of benzene rings is 3. The number of carboxylic acids is 1. The minimum absolute atomic E-state index is 0.0651. The molecule has 0 radical (unpaired) electrons. The van der Waals surface area contributed by atoms with Crippen LogP contribution in [0.1, 0.15) is 27.1 Å². The fourth-order valence-electron chi connectivity index (χ4n) is 4.48. The Kier molecular flexibility index (Phi) is 9.49. The summed E-state index contributed by atoms with van der Waals surface area (Å²) in [5.74, 6) is -0.902. The number of anilines is 1. The number of nitrogens with one attached hydrogen (secondary N) is 2. The molecule has 10 nitrogen and oxygen atoms in total.